The Morgan fingerprint density at radius 1 is 1.32 bits per heavy atom. The Hall–Kier alpha value is -2.67. The molecule has 6 nitrogen and oxygen atoms in total. The Labute approximate surface area is 154 Å². The number of benzene rings is 1. The minimum absolute atomic E-state index is 0.0119. The van der Waals surface area contributed by atoms with Gasteiger partial charge in [0.2, 0.25) is 5.88 Å². The molecule has 1 aliphatic heterocycles. The van der Waals surface area contributed by atoms with E-state index < -0.39 is 11.9 Å². The van der Waals surface area contributed by atoms with Gasteiger partial charge in [-0.15, -0.1) is 0 Å². The lowest BCUT2D eigenvalue weighted by Gasteiger charge is -2.28. The zero-order chi connectivity index (χ0) is 18.7. The molecule has 0 bridgehead atoms. The van der Waals surface area contributed by atoms with Crippen LogP contribution in [-0.4, -0.2) is 12.6 Å². The summed E-state index contributed by atoms with van der Waals surface area (Å²) < 4.78 is 10.4. The summed E-state index contributed by atoms with van der Waals surface area (Å²) in [6.45, 7) is 3.33. The van der Waals surface area contributed by atoms with Crippen molar-refractivity contribution in [2.75, 3.05) is 6.61 Å². The first-order valence-electron chi connectivity index (χ1n) is 7.20. The topological polar surface area (TPSA) is 109 Å². The van der Waals surface area contributed by atoms with Crippen LogP contribution in [0.4, 0.5) is 0 Å². The lowest BCUT2D eigenvalue weighted by atomic mass is 9.82. The molecule has 2 rings (SSSR count). The van der Waals surface area contributed by atoms with E-state index in [2.05, 4.69) is 0 Å². The average molecular weight is 378 g/mol. The van der Waals surface area contributed by atoms with Crippen LogP contribution in [-0.2, 0) is 14.3 Å². The highest BCUT2D eigenvalue weighted by molar-refractivity contribution is 6.36. The Kier molecular flexibility index (Phi) is 5.58. The fraction of sp³-hybridized carbons (Fsp3) is 0.235. The maximum atomic E-state index is 12.4. The van der Waals surface area contributed by atoms with Gasteiger partial charge < -0.3 is 15.2 Å². The van der Waals surface area contributed by atoms with Gasteiger partial charge in [-0.1, -0.05) is 23.2 Å². The molecule has 0 amide bonds. The van der Waals surface area contributed by atoms with E-state index >= 15 is 0 Å². The van der Waals surface area contributed by atoms with Crippen molar-refractivity contribution < 1.29 is 14.3 Å². The average Bonchev–Trinajstić information content (AvgIpc) is 2.54. The SMILES string of the molecule is CCOC(=O)C1=C(C)OC(N)=C(C#N)C1c1c(Cl)cc(C#N)cc1Cl. The highest BCUT2D eigenvalue weighted by Gasteiger charge is 2.38. The number of nitrogens with zero attached hydrogens (tertiary/aromatic N) is 2. The molecule has 1 heterocycles. The predicted molar refractivity (Wildman–Crippen MR) is 91.2 cm³/mol. The molecule has 25 heavy (non-hydrogen) atoms. The molecule has 1 aromatic rings. The predicted octanol–water partition coefficient (Wildman–Crippen LogP) is 3.51. The smallest absolute Gasteiger partial charge is 0.338 e. The number of nitriles is 2. The molecule has 2 N–H and O–H groups in total. The molecule has 0 fully saturated rings. The van der Waals surface area contributed by atoms with Crippen LogP contribution in [0.5, 0.6) is 0 Å². The number of halogens is 2. The maximum absolute atomic E-state index is 12.4. The van der Waals surface area contributed by atoms with Gasteiger partial charge in [-0.25, -0.2) is 4.79 Å². The maximum Gasteiger partial charge on any atom is 0.338 e. The Morgan fingerprint density at radius 2 is 1.92 bits per heavy atom. The van der Waals surface area contributed by atoms with Crippen molar-refractivity contribution in [3.8, 4) is 12.1 Å². The minimum Gasteiger partial charge on any atom is -0.463 e. The van der Waals surface area contributed by atoms with Crippen LogP contribution < -0.4 is 5.73 Å². The molecule has 0 radical (unpaired) electrons. The molecule has 1 aliphatic rings. The van der Waals surface area contributed by atoms with Crippen LogP contribution in [0.3, 0.4) is 0 Å². The summed E-state index contributed by atoms with van der Waals surface area (Å²) in [4.78, 5) is 12.4. The molecule has 1 unspecified atom stereocenters. The number of rotatable bonds is 3. The van der Waals surface area contributed by atoms with E-state index in [1.54, 1.807) is 6.92 Å². The number of carbonyl (C=O) groups excluding carboxylic acids is 1. The molecule has 0 saturated carbocycles. The minimum atomic E-state index is -0.953. The van der Waals surface area contributed by atoms with Gasteiger partial charge in [0.05, 0.1) is 29.7 Å². The van der Waals surface area contributed by atoms with E-state index in [9.17, 15) is 10.1 Å². The molecule has 8 heteroatoms. The summed E-state index contributed by atoms with van der Waals surface area (Å²) in [5.74, 6) is -1.57. The van der Waals surface area contributed by atoms with E-state index in [0.29, 0.717) is 0 Å². The van der Waals surface area contributed by atoms with Crippen molar-refractivity contribution in [3.05, 3.63) is 56.1 Å². The van der Waals surface area contributed by atoms with Crippen molar-refractivity contribution in [2.24, 2.45) is 5.73 Å². The second-order valence-corrected chi connectivity index (χ2v) is 5.89. The summed E-state index contributed by atoms with van der Waals surface area (Å²) in [6.07, 6.45) is 0. The van der Waals surface area contributed by atoms with Crippen LogP contribution in [0.1, 0.15) is 30.9 Å². The molecule has 128 valence electrons. The highest BCUT2D eigenvalue weighted by atomic mass is 35.5. The molecular formula is C17H13Cl2N3O3. The van der Waals surface area contributed by atoms with Gasteiger partial charge in [-0.3, -0.25) is 0 Å². The molecule has 0 saturated heterocycles. The van der Waals surface area contributed by atoms with Crippen molar-refractivity contribution in [3.63, 3.8) is 0 Å². The largest absolute Gasteiger partial charge is 0.463 e. The van der Waals surface area contributed by atoms with Crippen LogP contribution in [0, 0.1) is 22.7 Å². The van der Waals surface area contributed by atoms with Gasteiger partial charge >= 0.3 is 5.97 Å². The number of hydrogen-bond acceptors (Lipinski definition) is 6. The zero-order valence-corrected chi connectivity index (χ0v) is 14.9. The van der Waals surface area contributed by atoms with Gasteiger partial charge in [-0.05, 0) is 26.0 Å². The fourth-order valence-electron chi connectivity index (χ4n) is 2.57. The molecule has 0 aliphatic carbocycles. The van der Waals surface area contributed by atoms with Crippen molar-refractivity contribution in [2.45, 2.75) is 19.8 Å². The third-order valence-electron chi connectivity index (χ3n) is 3.60. The van der Waals surface area contributed by atoms with Gasteiger partial charge in [0.15, 0.2) is 0 Å². The highest BCUT2D eigenvalue weighted by Crippen LogP contribution is 2.45. The standard InChI is InChI=1S/C17H13Cl2N3O3/c1-3-24-17(23)13-8(2)25-16(22)10(7-21)14(13)15-11(18)4-9(6-20)5-12(15)19/h4-5,14H,3,22H2,1-2H3. The van der Waals surface area contributed by atoms with Crippen LogP contribution in [0.2, 0.25) is 10.0 Å². The first-order chi connectivity index (χ1) is 11.8. The molecule has 0 aromatic heterocycles. The second-order valence-electron chi connectivity index (χ2n) is 5.08. The summed E-state index contributed by atoms with van der Waals surface area (Å²) in [7, 11) is 0. The van der Waals surface area contributed by atoms with Crippen LogP contribution >= 0.6 is 23.2 Å². The summed E-state index contributed by atoms with van der Waals surface area (Å²) in [5.41, 5.74) is 6.42. The first kappa shape index (κ1) is 18.7. The second kappa shape index (κ2) is 7.48. The number of nitrogens with two attached hydrogens (primary N) is 1. The normalized spacial score (nSPS) is 16.8. The zero-order valence-electron chi connectivity index (χ0n) is 13.4. The van der Waals surface area contributed by atoms with Gasteiger partial charge in [0.1, 0.15) is 17.4 Å². The summed E-state index contributed by atoms with van der Waals surface area (Å²) in [6, 6.07) is 6.68. The van der Waals surface area contributed by atoms with Gasteiger partial charge in [-0.2, -0.15) is 10.5 Å². The summed E-state index contributed by atoms with van der Waals surface area (Å²) >= 11 is 12.6. The number of ether oxygens (including phenoxy) is 2. The van der Waals surface area contributed by atoms with Gasteiger partial charge in [0, 0.05) is 15.6 Å². The Morgan fingerprint density at radius 3 is 2.40 bits per heavy atom. The number of hydrogen-bond donors (Lipinski definition) is 1. The molecule has 1 atom stereocenters. The van der Waals surface area contributed by atoms with Crippen molar-refractivity contribution >= 4 is 29.2 Å². The molecular weight excluding hydrogens is 365 g/mol. The quantitative estimate of drug-likeness (QED) is 0.806. The van der Waals surface area contributed by atoms with E-state index in [1.807, 2.05) is 12.1 Å². The lowest BCUT2D eigenvalue weighted by molar-refractivity contribution is -0.139. The van der Waals surface area contributed by atoms with Crippen LogP contribution in [0.15, 0.2) is 34.9 Å². The van der Waals surface area contributed by atoms with E-state index in [-0.39, 0.29) is 50.6 Å². The van der Waals surface area contributed by atoms with E-state index in [1.165, 1.54) is 19.1 Å². The Balaban J connectivity index is 2.76. The van der Waals surface area contributed by atoms with Crippen molar-refractivity contribution in [1.29, 1.82) is 10.5 Å². The first-order valence-corrected chi connectivity index (χ1v) is 7.95. The van der Waals surface area contributed by atoms with Gasteiger partial charge in [0.25, 0.3) is 0 Å². The lowest BCUT2D eigenvalue weighted by Crippen LogP contribution is -2.26. The van der Waals surface area contributed by atoms with Crippen molar-refractivity contribution in [1.82, 2.24) is 0 Å². The number of esters is 1. The monoisotopic (exact) mass is 377 g/mol. The molecule has 1 aromatic carbocycles. The van der Waals surface area contributed by atoms with E-state index in [0.717, 1.165) is 0 Å². The Bertz CT molecular complexity index is 868. The number of carbonyl (C=O) groups is 1. The third kappa shape index (κ3) is 3.41. The number of allylic oxidation sites excluding steroid dienone is 2. The fourth-order valence-corrected chi connectivity index (χ4v) is 3.27. The summed E-state index contributed by atoms with van der Waals surface area (Å²) in [5, 5.41) is 18.8. The molecule has 0 spiro atoms. The third-order valence-corrected chi connectivity index (χ3v) is 4.22. The van der Waals surface area contributed by atoms with Crippen LogP contribution in [0.25, 0.3) is 0 Å². The van der Waals surface area contributed by atoms with E-state index in [4.69, 9.17) is 43.7 Å².